The van der Waals surface area contributed by atoms with Crippen LogP contribution in [0.15, 0.2) is 34.3 Å². The van der Waals surface area contributed by atoms with Gasteiger partial charge in [-0.3, -0.25) is 9.59 Å². The van der Waals surface area contributed by atoms with Crippen molar-refractivity contribution in [3.63, 3.8) is 0 Å². The van der Waals surface area contributed by atoms with Crippen LogP contribution in [0.3, 0.4) is 0 Å². The molecule has 0 bridgehead atoms. The quantitative estimate of drug-likeness (QED) is 0.252. The Kier molecular flexibility index (Phi) is 7.44. The number of likely N-dealkylation sites (tertiary alicyclic amines) is 1. The Morgan fingerprint density at radius 2 is 1.85 bits per heavy atom. The van der Waals surface area contributed by atoms with E-state index >= 15 is 0 Å². The number of nitrogens with one attached hydrogen (secondary N) is 1. The molecule has 33 heavy (non-hydrogen) atoms. The fourth-order valence-corrected chi connectivity index (χ4v) is 4.47. The van der Waals surface area contributed by atoms with Crippen molar-refractivity contribution in [2.75, 3.05) is 34.3 Å². The van der Waals surface area contributed by atoms with Gasteiger partial charge < -0.3 is 24.6 Å². The number of hydrogen-bond acceptors (Lipinski definition) is 6. The number of methoxy groups -OCH3 is 1. The first kappa shape index (κ1) is 24.7. The normalized spacial score (nSPS) is 17.8. The number of nitrogens with zero attached hydrogens (tertiary/aromatic N) is 2. The zero-order valence-corrected chi connectivity index (χ0v) is 20.9. The van der Waals surface area contributed by atoms with E-state index in [-0.39, 0.29) is 17.0 Å². The molecule has 1 atom stereocenters. The molecular formula is C24H28BrN3O5. The van der Waals surface area contributed by atoms with E-state index < -0.39 is 23.7 Å². The maximum atomic E-state index is 13.2. The van der Waals surface area contributed by atoms with Gasteiger partial charge >= 0.3 is 5.97 Å². The summed E-state index contributed by atoms with van der Waals surface area (Å²) in [6.45, 7) is 4.45. The average Bonchev–Trinajstić information content (AvgIpc) is 3.20. The number of amides is 1. The van der Waals surface area contributed by atoms with E-state index in [2.05, 4.69) is 20.9 Å². The number of aromatic nitrogens is 1. The first-order valence-electron chi connectivity index (χ1n) is 10.5. The first-order chi connectivity index (χ1) is 15.6. The number of rotatable bonds is 7. The van der Waals surface area contributed by atoms with E-state index in [1.54, 1.807) is 13.8 Å². The number of H-pyrrole nitrogens is 1. The summed E-state index contributed by atoms with van der Waals surface area (Å²) in [5.74, 6) is -2.28. The van der Waals surface area contributed by atoms with Crippen molar-refractivity contribution in [3.05, 3.63) is 62.4 Å². The van der Waals surface area contributed by atoms with Gasteiger partial charge in [-0.25, -0.2) is 4.79 Å². The van der Waals surface area contributed by atoms with Crippen LogP contribution in [0.2, 0.25) is 0 Å². The summed E-state index contributed by atoms with van der Waals surface area (Å²) in [6, 6.07) is 6.57. The zero-order chi connectivity index (χ0) is 24.4. The van der Waals surface area contributed by atoms with E-state index in [0.29, 0.717) is 35.3 Å². The van der Waals surface area contributed by atoms with Gasteiger partial charge in [0.25, 0.3) is 11.7 Å². The molecular weight excluding hydrogens is 490 g/mol. The summed E-state index contributed by atoms with van der Waals surface area (Å²) in [6.07, 6.45) is 0.668. The highest BCUT2D eigenvalue weighted by atomic mass is 79.9. The number of Topliss-reactive ketones (excluding diaryl/α,β-unsaturated/α-hetero) is 1. The fraction of sp³-hybridized carbons (Fsp3) is 0.375. The van der Waals surface area contributed by atoms with Gasteiger partial charge in [0, 0.05) is 22.3 Å². The monoisotopic (exact) mass is 517 g/mol. The Morgan fingerprint density at radius 1 is 1.21 bits per heavy atom. The molecule has 1 aliphatic heterocycles. The molecule has 1 amide bonds. The molecule has 1 fully saturated rings. The molecule has 1 saturated heterocycles. The van der Waals surface area contributed by atoms with Gasteiger partial charge in [0.05, 0.1) is 18.7 Å². The standard InChI is InChI=1S/C24H28BrN3O5/c1-13-17(14(2)26-19(13)24(32)33-5)21(29)18-20(15-7-9-16(25)10-8-15)28(23(31)22(18)30)12-6-11-27(3)4/h7-10,20,26,29H,6,11-12H2,1-5H3/b21-18+/t20-/m1/s1. The van der Waals surface area contributed by atoms with Gasteiger partial charge in [0.1, 0.15) is 11.5 Å². The molecule has 1 aromatic carbocycles. The van der Waals surface area contributed by atoms with Crippen LogP contribution < -0.4 is 0 Å². The molecule has 0 spiro atoms. The lowest BCUT2D eigenvalue weighted by Gasteiger charge is -2.26. The molecule has 2 aromatic rings. The number of aryl methyl sites for hydroxylation is 1. The lowest BCUT2D eigenvalue weighted by molar-refractivity contribution is -0.139. The van der Waals surface area contributed by atoms with Crippen molar-refractivity contribution >= 4 is 39.3 Å². The number of benzene rings is 1. The number of hydrogen-bond donors (Lipinski definition) is 2. The van der Waals surface area contributed by atoms with Crippen LogP contribution >= 0.6 is 15.9 Å². The molecule has 0 saturated carbocycles. The second-order valence-electron chi connectivity index (χ2n) is 8.32. The number of carbonyl (C=O) groups excluding carboxylic acids is 3. The molecule has 0 aliphatic carbocycles. The van der Waals surface area contributed by atoms with Crippen LogP contribution in [0.4, 0.5) is 0 Å². The fourth-order valence-electron chi connectivity index (χ4n) is 4.21. The maximum absolute atomic E-state index is 13.2. The third-order valence-electron chi connectivity index (χ3n) is 5.79. The minimum absolute atomic E-state index is 0.00814. The predicted octanol–water partition coefficient (Wildman–Crippen LogP) is 3.55. The summed E-state index contributed by atoms with van der Waals surface area (Å²) in [5, 5.41) is 11.3. The van der Waals surface area contributed by atoms with Crippen molar-refractivity contribution in [2.45, 2.75) is 26.3 Å². The summed E-state index contributed by atoms with van der Waals surface area (Å²) in [4.78, 5) is 44.8. The Morgan fingerprint density at radius 3 is 2.42 bits per heavy atom. The van der Waals surface area contributed by atoms with Crippen LogP contribution in [-0.2, 0) is 14.3 Å². The van der Waals surface area contributed by atoms with Crippen LogP contribution in [0.5, 0.6) is 0 Å². The number of halogens is 1. The Bertz CT molecular complexity index is 1120. The molecule has 8 nitrogen and oxygen atoms in total. The van der Waals surface area contributed by atoms with Crippen LogP contribution in [0.25, 0.3) is 5.76 Å². The summed E-state index contributed by atoms with van der Waals surface area (Å²) < 4.78 is 5.66. The number of aliphatic hydroxyl groups is 1. The Hall–Kier alpha value is -2.91. The second kappa shape index (κ2) is 9.93. The van der Waals surface area contributed by atoms with E-state index in [1.807, 2.05) is 43.3 Å². The van der Waals surface area contributed by atoms with Crippen LogP contribution in [0, 0.1) is 13.8 Å². The summed E-state index contributed by atoms with van der Waals surface area (Å²) in [7, 11) is 5.15. The van der Waals surface area contributed by atoms with Crippen LogP contribution in [0.1, 0.15) is 45.3 Å². The predicted molar refractivity (Wildman–Crippen MR) is 128 cm³/mol. The summed E-state index contributed by atoms with van der Waals surface area (Å²) in [5.41, 5.74) is 2.18. The SMILES string of the molecule is COC(=O)c1[nH]c(C)c(/C(O)=C2\C(=O)C(=O)N(CCCN(C)C)[C@@H]2c2ccc(Br)cc2)c1C. The van der Waals surface area contributed by atoms with Gasteiger partial charge in [-0.1, -0.05) is 28.1 Å². The number of aliphatic hydroxyl groups excluding tert-OH is 1. The number of ketones is 1. The lowest BCUT2D eigenvalue weighted by atomic mass is 9.94. The molecule has 1 aliphatic rings. The van der Waals surface area contributed by atoms with E-state index in [0.717, 1.165) is 11.0 Å². The molecule has 176 valence electrons. The Labute approximate surface area is 201 Å². The minimum atomic E-state index is -0.745. The van der Waals surface area contributed by atoms with Gasteiger partial charge in [0.2, 0.25) is 0 Å². The third-order valence-corrected chi connectivity index (χ3v) is 6.32. The Balaban J connectivity index is 2.17. The van der Waals surface area contributed by atoms with Gasteiger partial charge in [-0.15, -0.1) is 0 Å². The number of carbonyl (C=O) groups is 3. The third kappa shape index (κ3) is 4.74. The number of aromatic amines is 1. The smallest absolute Gasteiger partial charge is 0.354 e. The second-order valence-corrected chi connectivity index (χ2v) is 9.23. The highest BCUT2D eigenvalue weighted by Crippen LogP contribution is 2.41. The van der Waals surface area contributed by atoms with E-state index in [1.165, 1.54) is 12.0 Å². The molecule has 2 N–H and O–H groups in total. The van der Waals surface area contributed by atoms with E-state index in [4.69, 9.17) is 4.74 Å². The van der Waals surface area contributed by atoms with Crippen molar-refractivity contribution < 1.29 is 24.2 Å². The van der Waals surface area contributed by atoms with E-state index in [9.17, 15) is 19.5 Å². The first-order valence-corrected chi connectivity index (χ1v) is 11.3. The molecule has 9 heteroatoms. The highest BCUT2D eigenvalue weighted by Gasteiger charge is 2.46. The van der Waals surface area contributed by atoms with Gasteiger partial charge in [0.15, 0.2) is 0 Å². The van der Waals surface area contributed by atoms with Crippen molar-refractivity contribution in [1.82, 2.24) is 14.8 Å². The topological polar surface area (TPSA) is 103 Å². The van der Waals surface area contributed by atoms with Crippen molar-refractivity contribution in [2.24, 2.45) is 0 Å². The molecule has 0 radical (unpaired) electrons. The molecule has 1 aromatic heterocycles. The summed E-state index contributed by atoms with van der Waals surface area (Å²) >= 11 is 3.41. The van der Waals surface area contributed by atoms with Crippen molar-refractivity contribution in [1.29, 1.82) is 0 Å². The van der Waals surface area contributed by atoms with Crippen LogP contribution in [-0.4, -0.2) is 71.8 Å². The largest absolute Gasteiger partial charge is 0.507 e. The molecule has 2 heterocycles. The van der Waals surface area contributed by atoms with Gasteiger partial charge in [-0.05, 0) is 64.2 Å². The number of esters is 1. The molecule has 3 rings (SSSR count). The minimum Gasteiger partial charge on any atom is -0.507 e. The average molecular weight is 518 g/mol. The number of ether oxygens (including phenoxy) is 1. The zero-order valence-electron chi connectivity index (χ0n) is 19.4. The maximum Gasteiger partial charge on any atom is 0.354 e. The molecule has 0 unspecified atom stereocenters. The van der Waals surface area contributed by atoms with Crippen molar-refractivity contribution in [3.8, 4) is 0 Å². The van der Waals surface area contributed by atoms with Gasteiger partial charge in [-0.2, -0.15) is 0 Å². The lowest BCUT2D eigenvalue weighted by Crippen LogP contribution is -2.32. The highest BCUT2D eigenvalue weighted by molar-refractivity contribution is 9.10.